The maximum Gasteiger partial charge on any atom is 0.430 e. The Labute approximate surface area is 185 Å². The van der Waals surface area contributed by atoms with Crippen molar-refractivity contribution in [3.05, 3.63) is 78.3 Å². The van der Waals surface area contributed by atoms with E-state index in [9.17, 15) is 31.1 Å². The Bertz CT molecular complexity index is 1360. The summed E-state index contributed by atoms with van der Waals surface area (Å²) >= 11 is 0. The van der Waals surface area contributed by atoms with Crippen LogP contribution in [0.5, 0.6) is 0 Å². The Hall–Kier alpha value is -4.49. The molecule has 0 spiro atoms. The van der Waals surface area contributed by atoms with Crippen LogP contribution in [0.25, 0.3) is 16.9 Å². The number of H-pyrrole nitrogens is 2. The molecule has 4 aromatic rings. The van der Waals surface area contributed by atoms with Gasteiger partial charge in [-0.15, -0.1) is 0 Å². The minimum Gasteiger partial charge on any atom is -0.542 e. The molecule has 0 saturated heterocycles. The van der Waals surface area contributed by atoms with Gasteiger partial charge in [0.1, 0.15) is 11.5 Å². The summed E-state index contributed by atoms with van der Waals surface area (Å²) in [6.07, 6.45) is -0.625. The van der Waals surface area contributed by atoms with Crippen LogP contribution in [0.1, 0.15) is 10.5 Å². The van der Waals surface area contributed by atoms with Gasteiger partial charge in [-0.2, -0.15) is 17.6 Å². The van der Waals surface area contributed by atoms with Crippen molar-refractivity contribution in [2.24, 2.45) is 0 Å². The van der Waals surface area contributed by atoms with Crippen molar-refractivity contribution in [3.63, 3.8) is 0 Å². The molecule has 3 N–H and O–H groups in total. The first-order valence-corrected chi connectivity index (χ1v) is 9.08. The van der Waals surface area contributed by atoms with Gasteiger partial charge in [-0.1, -0.05) is 6.07 Å². The van der Waals surface area contributed by atoms with Gasteiger partial charge in [0.25, 0.3) is 18.0 Å². The molecule has 0 fully saturated rings. The number of aliphatic carboxylic acids is 1. The fourth-order valence-electron chi connectivity index (χ4n) is 2.74. The van der Waals surface area contributed by atoms with Gasteiger partial charge in [-0.3, -0.25) is 15.1 Å². The van der Waals surface area contributed by atoms with Crippen LogP contribution < -0.4 is 19.8 Å². The molecule has 176 valence electrons. The van der Waals surface area contributed by atoms with Crippen molar-refractivity contribution in [2.75, 3.05) is 5.32 Å². The van der Waals surface area contributed by atoms with Crippen molar-refractivity contribution in [3.8, 4) is 11.4 Å². The average Bonchev–Trinajstić information content (AvgIpc) is 3.18. The summed E-state index contributed by atoms with van der Waals surface area (Å²) in [7, 11) is 0. The highest BCUT2D eigenvalue weighted by molar-refractivity contribution is 6.06. The van der Waals surface area contributed by atoms with E-state index >= 15 is 0 Å². The second-order valence-electron chi connectivity index (χ2n) is 6.41. The smallest absolute Gasteiger partial charge is 0.430 e. The van der Waals surface area contributed by atoms with Crippen molar-refractivity contribution in [1.29, 1.82) is 0 Å². The molecule has 3 aromatic heterocycles. The molecular weight excluding hydrogens is 472 g/mol. The number of halogens is 6. The first kappa shape index (κ1) is 24.2. The fraction of sp³-hybridized carbons (Fsp3) is 0.0500. The number of anilines is 1. The van der Waals surface area contributed by atoms with Crippen molar-refractivity contribution in [1.82, 2.24) is 9.97 Å². The molecule has 14 heteroatoms. The van der Waals surface area contributed by atoms with Gasteiger partial charge in [-0.05, 0) is 29.2 Å². The standard InChI is InChI=1S/C18H10F3N5O.C2HF3O2/c19-11-5-4-10(14(20)15(11)21)17-25-16(12-3-1-2-8-26(12)17)18(27)24-13-6-7-22-9-23-13;3-2(4,5)1(6)7/h1-9H,(H,22,23,24,27);(H,6,7)/p+1. The summed E-state index contributed by atoms with van der Waals surface area (Å²) in [6.45, 7) is 0. The van der Waals surface area contributed by atoms with E-state index in [-0.39, 0.29) is 17.1 Å². The molecule has 0 aliphatic rings. The van der Waals surface area contributed by atoms with E-state index in [0.29, 0.717) is 11.3 Å². The molecule has 0 saturated carbocycles. The molecule has 4 rings (SSSR count). The van der Waals surface area contributed by atoms with Crippen LogP contribution in [-0.4, -0.2) is 28.0 Å². The van der Waals surface area contributed by atoms with Gasteiger partial charge in [0.15, 0.2) is 23.0 Å². The van der Waals surface area contributed by atoms with E-state index in [2.05, 4.69) is 20.3 Å². The second kappa shape index (κ2) is 9.56. The summed E-state index contributed by atoms with van der Waals surface area (Å²) in [6, 6.07) is 8.49. The van der Waals surface area contributed by atoms with E-state index < -0.39 is 35.5 Å². The zero-order valence-electron chi connectivity index (χ0n) is 16.6. The van der Waals surface area contributed by atoms with Gasteiger partial charge >= 0.3 is 12.1 Å². The number of benzene rings is 1. The highest BCUT2D eigenvalue weighted by atomic mass is 19.4. The van der Waals surface area contributed by atoms with Gasteiger partial charge in [0.2, 0.25) is 5.69 Å². The van der Waals surface area contributed by atoms with E-state index in [0.717, 1.165) is 12.1 Å². The molecule has 0 bridgehead atoms. The lowest BCUT2D eigenvalue weighted by atomic mass is 10.2. The van der Waals surface area contributed by atoms with Crippen LogP contribution in [0.2, 0.25) is 0 Å². The molecule has 0 atom stereocenters. The number of imidazole rings is 1. The highest BCUT2D eigenvalue weighted by Crippen LogP contribution is 2.24. The van der Waals surface area contributed by atoms with Gasteiger partial charge < -0.3 is 9.90 Å². The molecule has 3 heterocycles. The number of aromatic nitrogens is 4. The monoisotopic (exact) mass is 484 g/mol. The van der Waals surface area contributed by atoms with Gasteiger partial charge in [0.05, 0.1) is 12.4 Å². The summed E-state index contributed by atoms with van der Waals surface area (Å²) in [5.41, 5.74) is 0.336. The topological polar surface area (TPSA) is 116 Å². The zero-order chi connectivity index (χ0) is 25.0. The summed E-state index contributed by atoms with van der Waals surface area (Å²) in [4.78, 5) is 30.9. The number of rotatable bonds is 3. The number of carboxylic acid groups (broad SMARTS) is 1. The molecule has 0 radical (unpaired) electrons. The third kappa shape index (κ3) is 5.11. The summed E-state index contributed by atoms with van der Waals surface area (Å²) in [5, 5.41) is 11.4. The van der Waals surface area contributed by atoms with Crippen LogP contribution in [0.3, 0.4) is 0 Å². The Kier molecular flexibility index (Phi) is 6.79. The lowest BCUT2D eigenvalue weighted by molar-refractivity contribution is -0.498. The Morgan fingerprint density at radius 3 is 2.38 bits per heavy atom. The van der Waals surface area contributed by atoms with Crippen molar-refractivity contribution in [2.45, 2.75) is 6.18 Å². The van der Waals surface area contributed by atoms with Crippen LogP contribution in [0, 0.1) is 17.5 Å². The van der Waals surface area contributed by atoms with E-state index in [1.807, 2.05) is 0 Å². The number of aromatic amines is 2. The van der Waals surface area contributed by atoms with Crippen LogP contribution in [0.4, 0.5) is 32.2 Å². The number of carbonyl (C=O) groups excluding carboxylic acids is 2. The SMILES string of the molecule is O=C(Nc1cc[nH+]cn1)c1[nH]c(-c2ccc(F)c(F)c2F)[n+]2ccccc12.O=C([O-])C(F)(F)F. The lowest BCUT2D eigenvalue weighted by Crippen LogP contribution is -2.37. The minimum absolute atomic E-state index is 0.0986. The number of hydrogen-bond donors (Lipinski definition) is 2. The van der Waals surface area contributed by atoms with E-state index in [4.69, 9.17) is 9.90 Å². The van der Waals surface area contributed by atoms with Gasteiger partial charge in [-0.25, -0.2) is 18.2 Å². The zero-order valence-corrected chi connectivity index (χ0v) is 16.6. The number of carbonyl (C=O) groups is 2. The third-order valence-electron chi connectivity index (χ3n) is 4.21. The number of hydrogen-bond acceptors (Lipinski definition) is 4. The minimum atomic E-state index is -5.19. The number of carboxylic acids is 1. The lowest BCUT2D eigenvalue weighted by Gasteiger charge is -2.03. The normalized spacial score (nSPS) is 11.0. The molecule has 8 nitrogen and oxygen atoms in total. The van der Waals surface area contributed by atoms with Crippen LogP contribution >= 0.6 is 0 Å². The summed E-state index contributed by atoms with van der Waals surface area (Å²) in [5.74, 6) is -7.34. The fourth-order valence-corrected chi connectivity index (χ4v) is 2.74. The molecule has 0 aliphatic carbocycles. The second-order valence-corrected chi connectivity index (χ2v) is 6.41. The van der Waals surface area contributed by atoms with Crippen molar-refractivity contribution >= 4 is 23.2 Å². The molecule has 1 amide bonds. The predicted molar refractivity (Wildman–Crippen MR) is 99.1 cm³/mol. The van der Waals surface area contributed by atoms with Crippen LogP contribution in [-0.2, 0) is 4.79 Å². The summed E-state index contributed by atoms with van der Waals surface area (Å²) < 4.78 is 74.2. The molecule has 1 aromatic carbocycles. The largest absolute Gasteiger partial charge is 0.542 e. The highest BCUT2D eigenvalue weighted by Gasteiger charge is 2.29. The average molecular weight is 484 g/mol. The van der Waals surface area contributed by atoms with Crippen LogP contribution in [0.15, 0.2) is 55.1 Å². The molecule has 34 heavy (non-hydrogen) atoms. The third-order valence-corrected chi connectivity index (χ3v) is 4.21. The number of amides is 1. The number of nitrogens with zero attached hydrogens (tertiary/aromatic N) is 2. The number of fused-ring (bicyclic) bond motifs is 1. The Balaban J connectivity index is 0.000000406. The maximum absolute atomic E-state index is 14.3. The molecular formula is C20H12F6N5O3+. The number of pyridine rings is 1. The first-order chi connectivity index (χ1) is 16.0. The number of alkyl halides is 3. The number of nitrogens with one attached hydrogen (secondary N) is 3. The van der Waals surface area contributed by atoms with Crippen molar-refractivity contribution < 1.29 is 50.4 Å². The van der Waals surface area contributed by atoms with Gasteiger partial charge in [0, 0.05) is 6.07 Å². The molecule has 0 aliphatic heterocycles. The molecule has 0 unspecified atom stereocenters. The Morgan fingerprint density at radius 1 is 1.06 bits per heavy atom. The first-order valence-electron chi connectivity index (χ1n) is 9.08. The quantitative estimate of drug-likeness (QED) is 0.261. The van der Waals surface area contributed by atoms with E-state index in [1.54, 1.807) is 36.7 Å². The maximum atomic E-state index is 14.3. The predicted octanol–water partition coefficient (Wildman–Crippen LogP) is 1.60. The Morgan fingerprint density at radius 2 is 1.76 bits per heavy atom. The van der Waals surface area contributed by atoms with E-state index in [1.165, 1.54) is 10.7 Å².